The molecule has 0 bridgehead atoms. The number of rotatable bonds is 4. The molecule has 0 aliphatic carbocycles. The van der Waals surface area contributed by atoms with Crippen molar-refractivity contribution in [3.8, 4) is 6.07 Å². The number of nitrogens with zero attached hydrogens (tertiary/aromatic N) is 2. The number of nitriles is 1. The van der Waals surface area contributed by atoms with Gasteiger partial charge in [0, 0.05) is 13.1 Å². The van der Waals surface area contributed by atoms with Crippen LogP contribution in [-0.4, -0.2) is 25.8 Å². The average molecular weight is 266 g/mol. The molecular weight excluding hydrogens is 248 g/mol. The Labute approximate surface area is 109 Å². The van der Waals surface area contributed by atoms with Crippen molar-refractivity contribution < 1.29 is 8.42 Å². The molecule has 0 saturated heterocycles. The molecule has 1 atom stereocenters. The van der Waals surface area contributed by atoms with Crippen molar-refractivity contribution in [3.63, 3.8) is 0 Å². The quantitative estimate of drug-likeness (QED) is 0.839. The summed E-state index contributed by atoms with van der Waals surface area (Å²) in [6.07, 6.45) is 0. The summed E-state index contributed by atoms with van der Waals surface area (Å²) in [6.45, 7) is 5.84. The highest BCUT2D eigenvalue weighted by Crippen LogP contribution is 2.20. The van der Waals surface area contributed by atoms with Gasteiger partial charge in [-0.15, -0.1) is 0 Å². The number of sulfonamides is 1. The molecule has 1 unspecified atom stereocenters. The first kappa shape index (κ1) is 14.7. The molecule has 0 amide bonds. The molecular formula is C13H18N2O2S. The highest BCUT2D eigenvalue weighted by atomic mass is 32.2. The standard InChI is InChI=1S/C13H18N2O2S/c1-10(2)11(3)15(4)18(16,17)13-7-5-12(9-14)6-8-13/h5-8,10-11H,1-4H3. The van der Waals surface area contributed by atoms with E-state index in [1.165, 1.54) is 28.6 Å². The highest BCUT2D eigenvalue weighted by molar-refractivity contribution is 7.89. The van der Waals surface area contributed by atoms with Gasteiger partial charge in [-0.05, 0) is 37.1 Å². The molecule has 1 aromatic carbocycles. The van der Waals surface area contributed by atoms with Crippen molar-refractivity contribution in [2.75, 3.05) is 7.05 Å². The summed E-state index contributed by atoms with van der Waals surface area (Å²) in [4.78, 5) is 0.219. The van der Waals surface area contributed by atoms with E-state index in [4.69, 9.17) is 5.26 Å². The Hall–Kier alpha value is -1.38. The van der Waals surface area contributed by atoms with Gasteiger partial charge in [-0.25, -0.2) is 8.42 Å². The van der Waals surface area contributed by atoms with Gasteiger partial charge in [-0.1, -0.05) is 13.8 Å². The van der Waals surface area contributed by atoms with Crippen LogP contribution in [0, 0.1) is 17.2 Å². The summed E-state index contributed by atoms with van der Waals surface area (Å²) < 4.78 is 26.0. The molecule has 0 aromatic heterocycles. The lowest BCUT2D eigenvalue weighted by molar-refractivity contribution is 0.316. The molecule has 0 aliphatic heterocycles. The Bertz CT molecular complexity index is 541. The van der Waals surface area contributed by atoms with E-state index in [0.29, 0.717) is 5.56 Å². The van der Waals surface area contributed by atoms with Crippen LogP contribution in [0.2, 0.25) is 0 Å². The van der Waals surface area contributed by atoms with Gasteiger partial charge in [0.15, 0.2) is 0 Å². The molecule has 18 heavy (non-hydrogen) atoms. The van der Waals surface area contributed by atoms with E-state index in [1.54, 1.807) is 7.05 Å². The van der Waals surface area contributed by atoms with Crippen molar-refractivity contribution in [2.24, 2.45) is 5.92 Å². The predicted octanol–water partition coefficient (Wildman–Crippen LogP) is 2.22. The zero-order valence-electron chi connectivity index (χ0n) is 11.1. The summed E-state index contributed by atoms with van der Waals surface area (Å²) in [5, 5.41) is 8.69. The minimum absolute atomic E-state index is 0.0781. The van der Waals surface area contributed by atoms with Gasteiger partial charge >= 0.3 is 0 Å². The minimum Gasteiger partial charge on any atom is -0.207 e. The zero-order valence-corrected chi connectivity index (χ0v) is 11.9. The summed E-state index contributed by atoms with van der Waals surface area (Å²) in [7, 11) is -1.90. The second kappa shape index (κ2) is 5.51. The van der Waals surface area contributed by atoms with E-state index in [9.17, 15) is 8.42 Å². The maximum absolute atomic E-state index is 12.3. The van der Waals surface area contributed by atoms with E-state index in [0.717, 1.165) is 0 Å². The van der Waals surface area contributed by atoms with Gasteiger partial charge < -0.3 is 0 Å². The van der Waals surface area contributed by atoms with Crippen molar-refractivity contribution >= 4 is 10.0 Å². The summed E-state index contributed by atoms with van der Waals surface area (Å²) in [5.41, 5.74) is 0.452. The van der Waals surface area contributed by atoms with Crippen molar-refractivity contribution in [1.82, 2.24) is 4.31 Å². The van der Waals surface area contributed by atoms with Crippen LogP contribution in [0.4, 0.5) is 0 Å². The summed E-state index contributed by atoms with van der Waals surface area (Å²) in [6, 6.07) is 7.86. The molecule has 4 nitrogen and oxygen atoms in total. The van der Waals surface area contributed by atoms with E-state index in [2.05, 4.69) is 0 Å². The Balaban J connectivity index is 3.10. The smallest absolute Gasteiger partial charge is 0.207 e. The summed E-state index contributed by atoms with van der Waals surface area (Å²) in [5.74, 6) is 0.239. The summed E-state index contributed by atoms with van der Waals surface area (Å²) >= 11 is 0. The Morgan fingerprint density at radius 2 is 1.67 bits per heavy atom. The van der Waals surface area contributed by atoms with E-state index >= 15 is 0 Å². The molecule has 0 radical (unpaired) electrons. The topological polar surface area (TPSA) is 61.2 Å². The SMILES string of the molecule is CC(C)C(C)N(C)S(=O)(=O)c1ccc(C#N)cc1. The average Bonchev–Trinajstić information content (AvgIpc) is 2.36. The molecule has 0 aliphatic rings. The molecule has 5 heteroatoms. The fourth-order valence-corrected chi connectivity index (χ4v) is 3.00. The third kappa shape index (κ3) is 2.89. The lowest BCUT2D eigenvalue weighted by atomic mass is 10.1. The molecule has 0 spiro atoms. The minimum atomic E-state index is -3.48. The maximum atomic E-state index is 12.3. The lowest BCUT2D eigenvalue weighted by Crippen LogP contribution is -2.38. The Morgan fingerprint density at radius 3 is 2.06 bits per heavy atom. The zero-order chi connectivity index (χ0) is 13.9. The van der Waals surface area contributed by atoms with Crippen LogP contribution in [0.25, 0.3) is 0 Å². The second-order valence-electron chi connectivity index (χ2n) is 4.64. The normalized spacial score (nSPS) is 13.6. The van der Waals surface area contributed by atoms with Gasteiger partial charge in [0.2, 0.25) is 10.0 Å². The monoisotopic (exact) mass is 266 g/mol. The van der Waals surface area contributed by atoms with Gasteiger partial charge in [-0.2, -0.15) is 9.57 Å². The van der Waals surface area contributed by atoms with Gasteiger partial charge in [0.05, 0.1) is 16.5 Å². The molecule has 1 aromatic rings. The second-order valence-corrected chi connectivity index (χ2v) is 6.64. The van der Waals surface area contributed by atoms with Crippen molar-refractivity contribution in [1.29, 1.82) is 5.26 Å². The third-order valence-electron chi connectivity index (χ3n) is 3.20. The number of hydrogen-bond donors (Lipinski definition) is 0. The van der Waals surface area contributed by atoms with Crippen molar-refractivity contribution in [3.05, 3.63) is 29.8 Å². The fraction of sp³-hybridized carbons (Fsp3) is 0.462. The third-order valence-corrected chi connectivity index (χ3v) is 5.16. The van der Waals surface area contributed by atoms with Gasteiger partial charge in [0.1, 0.15) is 0 Å². The Morgan fingerprint density at radius 1 is 1.17 bits per heavy atom. The first-order valence-corrected chi connectivity index (χ1v) is 7.23. The van der Waals surface area contributed by atoms with Crippen LogP contribution in [-0.2, 0) is 10.0 Å². The predicted molar refractivity (Wildman–Crippen MR) is 70.4 cm³/mol. The molecule has 0 heterocycles. The van der Waals surface area contributed by atoms with E-state index in [1.807, 2.05) is 26.8 Å². The Kier molecular flexibility index (Phi) is 4.49. The van der Waals surface area contributed by atoms with Crippen LogP contribution in [0.3, 0.4) is 0 Å². The highest BCUT2D eigenvalue weighted by Gasteiger charge is 2.26. The van der Waals surface area contributed by atoms with Crippen LogP contribution >= 0.6 is 0 Å². The van der Waals surface area contributed by atoms with Crippen LogP contribution in [0.5, 0.6) is 0 Å². The lowest BCUT2D eigenvalue weighted by Gasteiger charge is -2.27. The van der Waals surface area contributed by atoms with Crippen LogP contribution < -0.4 is 0 Å². The fourth-order valence-electron chi connectivity index (χ4n) is 1.51. The largest absolute Gasteiger partial charge is 0.243 e. The van der Waals surface area contributed by atoms with Crippen LogP contribution in [0.15, 0.2) is 29.2 Å². The van der Waals surface area contributed by atoms with E-state index < -0.39 is 10.0 Å². The molecule has 0 N–H and O–H groups in total. The van der Waals surface area contributed by atoms with Gasteiger partial charge in [0.25, 0.3) is 0 Å². The maximum Gasteiger partial charge on any atom is 0.243 e. The van der Waals surface area contributed by atoms with Crippen molar-refractivity contribution in [2.45, 2.75) is 31.7 Å². The van der Waals surface area contributed by atoms with Gasteiger partial charge in [-0.3, -0.25) is 0 Å². The molecule has 0 fully saturated rings. The van der Waals surface area contributed by atoms with Crippen LogP contribution in [0.1, 0.15) is 26.3 Å². The number of hydrogen-bond acceptors (Lipinski definition) is 3. The van der Waals surface area contributed by atoms with E-state index in [-0.39, 0.29) is 16.9 Å². The molecule has 1 rings (SSSR count). The number of benzene rings is 1. The first-order chi connectivity index (χ1) is 8.30. The first-order valence-electron chi connectivity index (χ1n) is 5.79. The molecule has 0 saturated carbocycles. The molecule has 98 valence electrons.